The normalized spacial score (nSPS) is 20.4. The van der Waals surface area contributed by atoms with Crippen LogP contribution in [0.2, 0.25) is 5.02 Å². The average molecular weight is 243 g/mol. The van der Waals surface area contributed by atoms with Crippen molar-refractivity contribution in [3.05, 3.63) is 21.6 Å². The average Bonchev–Trinajstić information content (AvgIpc) is 2.74. The minimum atomic E-state index is -0.262. The van der Waals surface area contributed by atoms with Crippen LogP contribution in [0.25, 0.3) is 0 Å². The monoisotopic (exact) mass is 242 g/mol. The minimum absolute atomic E-state index is 0.234. The van der Waals surface area contributed by atoms with E-state index < -0.39 is 0 Å². The van der Waals surface area contributed by atoms with E-state index in [1.54, 1.807) is 13.2 Å². The Bertz CT molecular complexity index is 445. The van der Waals surface area contributed by atoms with Crippen molar-refractivity contribution in [3.63, 3.8) is 0 Å². The molecule has 2 heterocycles. The summed E-state index contributed by atoms with van der Waals surface area (Å²) in [6.07, 6.45) is 3.76. The number of halogens is 1. The molecule has 16 heavy (non-hydrogen) atoms. The highest BCUT2D eigenvalue weighted by Gasteiger charge is 2.26. The maximum Gasteiger partial charge on any atom is 0.287 e. The Morgan fingerprint density at radius 3 is 3.12 bits per heavy atom. The standard InChI is InChI=1S/C10H15ClN4O/c1-14-10(16)9(11)8(6-13-14)15-4-2-3-7(15)5-12/h6-7H,2-5,12H2,1H3. The van der Waals surface area contributed by atoms with E-state index >= 15 is 0 Å². The van der Waals surface area contributed by atoms with E-state index in [0.717, 1.165) is 19.4 Å². The molecule has 0 aromatic carbocycles. The van der Waals surface area contributed by atoms with Gasteiger partial charge >= 0.3 is 0 Å². The Kier molecular flexibility index (Phi) is 3.16. The Morgan fingerprint density at radius 1 is 1.69 bits per heavy atom. The van der Waals surface area contributed by atoms with E-state index in [0.29, 0.717) is 12.2 Å². The number of hydrogen-bond acceptors (Lipinski definition) is 4. The molecule has 1 aromatic rings. The second-order valence-corrected chi connectivity index (χ2v) is 4.38. The molecule has 1 fully saturated rings. The Hall–Kier alpha value is -1.07. The number of aryl methyl sites for hydroxylation is 1. The fourth-order valence-electron chi connectivity index (χ4n) is 2.10. The zero-order valence-corrected chi connectivity index (χ0v) is 9.94. The second-order valence-electron chi connectivity index (χ2n) is 4.00. The van der Waals surface area contributed by atoms with Crippen molar-refractivity contribution < 1.29 is 0 Å². The summed E-state index contributed by atoms with van der Waals surface area (Å²) in [5, 5.41) is 4.22. The molecule has 0 saturated carbocycles. The molecule has 1 atom stereocenters. The molecule has 1 aromatic heterocycles. The molecule has 88 valence electrons. The van der Waals surface area contributed by atoms with Gasteiger partial charge in [-0.1, -0.05) is 11.6 Å². The Labute approximate surface area is 98.8 Å². The fraction of sp³-hybridized carbons (Fsp3) is 0.600. The van der Waals surface area contributed by atoms with E-state index in [9.17, 15) is 4.79 Å². The highest BCUT2D eigenvalue weighted by molar-refractivity contribution is 6.33. The van der Waals surface area contributed by atoms with E-state index in [1.807, 2.05) is 0 Å². The van der Waals surface area contributed by atoms with Crippen LogP contribution >= 0.6 is 11.6 Å². The van der Waals surface area contributed by atoms with Crippen molar-refractivity contribution in [2.75, 3.05) is 18.0 Å². The molecule has 5 nitrogen and oxygen atoms in total. The van der Waals surface area contributed by atoms with Gasteiger partial charge in [0.25, 0.3) is 5.56 Å². The molecule has 0 amide bonds. The molecule has 0 bridgehead atoms. The first kappa shape index (κ1) is 11.4. The summed E-state index contributed by atoms with van der Waals surface area (Å²) in [5.74, 6) is 0. The van der Waals surface area contributed by atoms with Gasteiger partial charge in [-0.25, -0.2) is 4.68 Å². The van der Waals surface area contributed by atoms with Gasteiger partial charge in [0.2, 0.25) is 0 Å². The van der Waals surface area contributed by atoms with Gasteiger partial charge in [0.05, 0.1) is 11.9 Å². The van der Waals surface area contributed by atoms with Gasteiger partial charge in [0, 0.05) is 26.2 Å². The van der Waals surface area contributed by atoms with Crippen LogP contribution in [0, 0.1) is 0 Å². The van der Waals surface area contributed by atoms with Gasteiger partial charge in [-0.15, -0.1) is 0 Å². The molecule has 1 saturated heterocycles. The Balaban J connectivity index is 2.41. The van der Waals surface area contributed by atoms with Gasteiger partial charge in [-0.3, -0.25) is 4.79 Å². The molecule has 1 unspecified atom stereocenters. The van der Waals surface area contributed by atoms with Crippen molar-refractivity contribution in [1.29, 1.82) is 0 Å². The first-order chi connectivity index (χ1) is 7.65. The number of hydrogen-bond donors (Lipinski definition) is 1. The lowest BCUT2D eigenvalue weighted by Crippen LogP contribution is -2.37. The van der Waals surface area contributed by atoms with Crippen molar-refractivity contribution in [1.82, 2.24) is 9.78 Å². The van der Waals surface area contributed by atoms with Gasteiger partial charge in [0.1, 0.15) is 5.02 Å². The molecule has 6 heteroatoms. The summed E-state index contributed by atoms with van der Waals surface area (Å²) in [5.41, 5.74) is 6.14. The molecule has 2 rings (SSSR count). The quantitative estimate of drug-likeness (QED) is 0.814. The van der Waals surface area contributed by atoms with E-state index in [4.69, 9.17) is 17.3 Å². The van der Waals surface area contributed by atoms with E-state index in [1.165, 1.54) is 4.68 Å². The molecule has 1 aliphatic rings. The zero-order chi connectivity index (χ0) is 11.7. The number of anilines is 1. The fourth-order valence-corrected chi connectivity index (χ4v) is 2.38. The van der Waals surface area contributed by atoms with Crippen LogP contribution in [0.15, 0.2) is 11.0 Å². The van der Waals surface area contributed by atoms with E-state index in [2.05, 4.69) is 10.00 Å². The molecular weight excluding hydrogens is 228 g/mol. The van der Waals surface area contributed by atoms with Crippen molar-refractivity contribution >= 4 is 17.3 Å². The summed E-state index contributed by atoms with van der Waals surface area (Å²) in [6.45, 7) is 1.46. The van der Waals surface area contributed by atoms with Crippen LogP contribution < -0.4 is 16.2 Å². The number of aromatic nitrogens is 2. The third-order valence-electron chi connectivity index (χ3n) is 3.02. The summed E-state index contributed by atoms with van der Waals surface area (Å²) < 4.78 is 1.24. The Morgan fingerprint density at radius 2 is 2.44 bits per heavy atom. The third kappa shape index (κ3) is 1.81. The highest BCUT2D eigenvalue weighted by atomic mass is 35.5. The summed E-state index contributed by atoms with van der Waals surface area (Å²) in [7, 11) is 1.59. The molecule has 0 spiro atoms. The van der Waals surface area contributed by atoms with Crippen LogP contribution in [-0.2, 0) is 7.05 Å². The predicted octanol–water partition coefficient (Wildman–Crippen LogP) is 0.361. The molecule has 2 N–H and O–H groups in total. The van der Waals surface area contributed by atoms with Crippen LogP contribution in [0.3, 0.4) is 0 Å². The molecular formula is C10H15ClN4O. The minimum Gasteiger partial charge on any atom is -0.365 e. The predicted molar refractivity (Wildman–Crippen MR) is 63.9 cm³/mol. The SMILES string of the molecule is Cn1ncc(N2CCCC2CN)c(Cl)c1=O. The van der Waals surface area contributed by atoms with Gasteiger partial charge < -0.3 is 10.6 Å². The van der Waals surface area contributed by atoms with Crippen LogP contribution in [0.4, 0.5) is 5.69 Å². The van der Waals surface area contributed by atoms with E-state index in [-0.39, 0.29) is 16.6 Å². The lowest BCUT2D eigenvalue weighted by atomic mass is 10.2. The maximum absolute atomic E-state index is 11.7. The first-order valence-corrected chi connectivity index (χ1v) is 5.71. The van der Waals surface area contributed by atoms with Gasteiger partial charge in [-0.05, 0) is 12.8 Å². The van der Waals surface area contributed by atoms with Gasteiger partial charge in [-0.2, -0.15) is 5.10 Å². The lowest BCUT2D eigenvalue weighted by Gasteiger charge is -2.25. The van der Waals surface area contributed by atoms with Crippen molar-refractivity contribution in [3.8, 4) is 0 Å². The van der Waals surface area contributed by atoms with Crippen LogP contribution in [0.5, 0.6) is 0 Å². The molecule has 1 aliphatic heterocycles. The summed E-state index contributed by atoms with van der Waals surface area (Å²) in [6, 6.07) is 0.270. The highest BCUT2D eigenvalue weighted by Crippen LogP contribution is 2.28. The first-order valence-electron chi connectivity index (χ1n) is 5.33. The lowest BCUT2D eigenvalue weighted by molar-refractivity contribution is 0.663. The van der Waals surface area contributed by atoms with Crippen molar-refractivity contribution in [2.24, 2.45) is 12.8 Å². The van der Waals surface area contributed by atoms with Crippen LogP contribution in [-0.4, -0.2) is 28.9 Å². The van der Waals surface area contributed by atoms with Crippen LogP contribution in [0.1, 0.15) is 12.8 Å². The second kappa shape index (κ2) is 4.43. The van der Waals surface area contributed by atoms with Crippen molar-refractivity contribution in [2.45, 2.75) is 18.9 Å². The zero-order valence-electron chi connectivity index (χ0n) is 9.19. The smallest absolute Gasteiger partial charge is 0.287 e. The number of rotatable bonds is 2. The largest absolute Gasteiger partial charge is 0.365 e. The maximum atomic E-state index is 11.7. The summed E-state index contributed by atoms with van der Waals surface area (Å²) in [4.78, 5) is 13.7. The third-order valence-corrected chi connectivity index (χ3v) is 3.37. The number of nitrogens with two attached hydrogens (primary N) is 1. The topological polar surface area (TPSA) is 64.2 Å². The summed E-state index contributed by atoms with van der Waals surface area (Å²) >= 11 is 6.05. The number of nitrogens with zero attached hydrogens (tertiary/aromatic N) is 3. The molecule has 0 aliphatic carbocycles. The van der Waals surface area contributed by atoms with Gasteiger partial charge in [0.15, 0.2) is 0 Å². The molecule has 0 radical (unpaired) electrons.